The van der Waals surface area contributed by atoms with Gasteiger partial charge in [0.1, 0.15) is 0 Å². The van der Waals surface area contributed by atoms with Crippen LogP contribution >= 0.6 is 15.9 Å². The Morgan fingerprint density at radius 1 is 1.53 bits per heavy atom. The first-order valence-electron chi connectivity index (χ1n) is 5.07. The summed E-state index contributed by atoms with van der Waals surface area (Å²) in [7, 11) is 0. The molecule has 0 aromatic heterocycles. The lowest BCUT2D eigenvalue weighted by Crippen LogP contribution is -2.15. The van der Waals surface area contributed by atoms with Crippen molar-refractivity contribution in [3.8, 4) is 11.5 Å². The van der Waals surface area contributed by atoms with Crippen LogP contribution in [0.3, 0.4) is 0 Å². The minimum atomic E-state index is -1.33. The van der Waals surface area contributed by atoms with Crippen molar-refractivity contribution < 1.29 is 24.1 Å². The molecule has 2 rings (SSSR count). The molecule has 0 saturated heterocycles. The molecule has 92 valence electrons. The molecule has 0 spiro atoms. The van der Waals surface area contributed by atoms with Gasteiger partial charge in [-0.25, -0.2) is 4.79 Å². The number of hydrogen-bond donors (Lipinski definition) is 1. The number of aliphatic hydroxyl groups is 1. The van der Waals surface area contributed by atoms with Crippen molar-refractivity contribution in [1.82, 2.24) is 0 Å². The van der Waals surface area contributed by atoms with Crippen molar-refractivity contribution in [3.63, 3.8) is 0 Å². The molecule has 1 atom stereocenters. The van der Waals surface area contributed by atoms with Crippen LogP contribution in [-0.4, -0.2) is 24.5 Å². The summed E-state index contributed by atoms with van der Waals surface area (Å²) in [5.41, 5.74) is 0.396. The van der Waals surface area contributed by atoms with Crippen molar-refractivity contribution in [2.45, 2.75) is 13.0 Å². The molecule has 1 N–H and O–H groups in total. The third-order valence-electron chi connectivity index (χ3n) is 2.30. The van der Waals surface area contributed by atoms with E-state index in [1.165, 1.54) is 0 Å². The van der Waals surface area contributed by atoms with Gasteiger partial charge in [0, 0.05) is 10.0 Å². The van der Waals surface area contributed by atoms with Gasteiger partial charge in [-0.1, -0.05) is 15.9 Å². The van der Waals surface area contributed by atoms with Crippen LogP contribution in [0.4, 0.5) is 0 Å². The predicted octanol–water partition coefficient (Wildman–Crippen LogP) is 1.77. The third kappa shape index (κ3) is 2.37. The van der Waals surface area contributed by atoms with Crippen LogP contribution in [0, 0.1) is 0 Å². The van der Waals surface area contributed by atoms with Gasteiger partial charge in [-0.2, -0.15) is 0 Å². The number of ether oxygens (including phenoxy) is 3. The summed E-state index contributed by atoms with van der Waals surface area (Å²) in [6.07, 6.45) is -1.33. The van der Waals surface area contributed by atoms with Crippen LogP contribution in [0.25, 0.3) is 0 Å². The zero-order valence-electron chi connectivity index (χ0n) is 9.10. The number of fused-ring (bicyclic) bond motifs is 1. The van der Waals surface area contributed by atoms with Crippen LogP contribution in [0.1, 0.15) is 18.6 Å². The van der Waals surface area contributed by atoms with E-state index in [4.69, 9.17) is 14.2 Å². The number of rotatable bonds is 3. The van der Waals surface area contributed by atoms with Gasteiger partial charge in [-0.15, -0.1) is 0 Å². The van der Waals surface area contributed by atoms with Crippen molar-refractivity contribution in [3.05, 3.63) is 22.2 Å². The summed E-state index contributed by atoms with van der Waals surface area (Å²) in [6.45, 7) is 2.04. The van der Waals surface area contributed by atoms with Crippen LogP contribution in [0.5, 0.6) is 11.5 Å². The van der Waals surface area contributed by atoms with E-state index in [1.807, 2.05) is 0 Å². The molecule has 1 unspecified atom stereocenters. The average Bonchev–Trinajstić information content (AvgIpc) is 2.74. The van der Waals surface area contributed by atoms with E-state index in [0.717, 1.165) is 0 Å². The summed E-state index contributed by atoms with van der Waals surface area (Å²) >= 11 is 3.27. The fraction of sp³-hybridized carbons (Fsp3) is 0.364. The third-order valence-corrected chi connectivity index (χ3v) is 2.98. The molecule has 17 heavy (non-hydrogen) atoms. The van der Waals surface area contributed by atoms with E-state index >= 15 is 0 Å². The molecule has 0 bridgehead atoms. The number of esters is 1. The summed E-state index contributed by atoms with van der Waals surface area (Å²) in [6, 6.07) is 3.22. The van der Waals surface area contributed by atoms with Gasteiger partial charge in [-0.3, -0.25) is 0 Å². The van der Waals surface area contributed by atoms with Gasteiger partial charge >= 0.3 is 5.97 Å². The molecule has 1 aromatic rings. The lowest BCUT2D eigenvalue weighted by atomic mass is 10.1. The first kappa shape index (κ1) is 12.2. The number of hydrogen-bond acceptors (Lipinski definition) is 5. The fourth-order valence-electron chi connectivity index (χ4n) is 1.49. The summed E-state index contributed by atoms with van der Waals surface area (Å²) in [4.78, 5) is 11.4. The molecular formula is C11H11BrO5. The van der Waals surface area contributed by atoms with Gasteiger partial charge in [-0.05, 0) is 19.1 Å². The largest absolute Gasteiger partial charge is 0.464 e. The Morgan fingerprint density at radius 3 is 2.82 bits per heavy atom. The first-order chi connectivity index (χ1) is 8.13. The Balaban J connectivity index is 2.29. The predicted molar refractivity (Wildman–Crippen MR) is 61.9 cm³/mol. The van der Waals surface area contributed by atoms with Gasteiger partial charge in [0.25, 0.3) is 0 Å². The van der Waals surface area contributed by atoms with Gasteiger partial charge < -0.3 is 19.3 Å². The van der Waals surface area contributed by atoms with Gasteiger partial charge in [0.15, 0.2) is 17.6 Å². The Bertz CT molecular complexity index is 446. The van der Waals surface area contributed by atoms with Gasteiger partial charge in [0.05, 0.1) is 6.61 Å². The van der Waals surface area contributed by atoms with Crippen LogP contribution in [0.2, 0.25) is 0 Å². The summed E-state index contributed by atoms with van der Waals surface area (Å²) in [5.74, 6) is 0.398. The number of carbonyl (C=O) groups is 1. The highest BCUT2D eigenvalue weighted by Gasteiger charge is 2.25. The molecule has 5 nitrogen and oxygen atoms in total. The topological polar surface area (TPSA) is 65.0 Å². The van der Waals surface area contributed by atoms with Crippen molar-refractivity contribution >= 4 is 21.9 Å². The first-order valence-corrected chi connectivity index (χ1v) is 5.86. The molecule has 1 aliphatic rings. The van der Waals surface area contributed by atoms with E-state index in [-0.39, 0.29) is 13.4 Å². The Hall–Kier alpha value is -1.27. The van der Waals surface area contributed by atoms with E-state index < -0.39 is 12.1 Å². The van der Waals surface area contributed by atoms with Crippen LogP contribution in [-0.2, 0) is 9.53 Å². The second kappa shape index (κ2) is 4.93. The van der Waals surface area contributed by atoms with E-state index in [1.54, 1.807) is 19.1 Å². The maximum Gasteiger partial charge on any atom is 0.339 e. The zero-order chi connectivity index (χ0) is 12.4. The molecule has 0 aliphatic carbocycles. The Labute approximate surface area is 106 Å². The summed E-state index contributed by atoms with van der Waals surface area (Å²) in [5, 5.41) is 9.83. The second-order valence-corrected chi connectivity index (χ2v) is 4.24. The molecule has 1 heterocycles. The zero-order valence-corrected chi connectivity index (χ0v) is 10.7. The SMILES string of the molecule is CCOC(=O)C(O)c1cc2c(cc1Br)OCO2. The molecular weight excluding hydrogens is 292 g/mol. The van der Waals surface area contributed by atoms with E-state index in [0.29, 0.717) is 21.5 Å². The van der Waals surface area contributed by atoms with E-state index in [2.05, 4.69) is 15.9 Å². The fourth-order valence-corrected chi connectivity index (χ4v) is 2.03. The average molecular weight is 303 g/mol. The van der Waals surface area contributed by atoms with Crippen molar-refractivity contribution in [1.29, 1.82) is 0 Å². The van der Waals surface area contributed by atoms with Crippen molar-refractivity contribution in [2.75, 3.05) is 13.4 Å². The Kier molecular flexibility index (Phi) is 3.54. The summed E-state index contributed by atoms with van der Waals surface area (Å²) < 4.78 is 15.7. The molecule has 0 saturated carbocycles. The normalized spacial score (nSPS) is 14.5. The molecule has 0 radical (unpaired) electrons. The lowest BCUT2D eigenvalue weighted by molar-refractivity contribution is -0.153. The number of aliphatic hydroxyl groups excluding tert-OH is 1. The van der Waals surface area contributed by atoms with Crippen LogP contribution < -0.4 is 9.47 Å². The standard InChI is InChI=1S/C11H11BrO5/c1-2-15-11(14)10(13)6-3-8-9(4-7(6)12)17-5-16-8/h3-4,10,13H,2,5H2,1H3. The Morgan fingerprint density at radius 2 is 2.18 bits per heavy atom. The highest BCUT2D eigenvalue weighted by molar-refractivity contribution is 9.10. The van der Waals surface area contributed by atoms with Gasteiger partial charge in [0.2, 0.25) is 6.79 Å². The smallest absolute Gasteiger partial charge is 0.339 e. The van der Waals surface area contributed by atoms with E-state index in [9.17, 15) is 9.90 Å². The molecule has 0 fully saturated rings. The van der Waals surface area contributed by atoms with Crippen LogP contribution in [0.15, 0.2) is 16.6 Å². The van der Waals surface area contributed by atoms with Crippen molar-refractivity contribution in [2.24, 2.45) is 0 Å². The second-order valence-electron chi connectivity index (χ2n) is 3.38. The number of benzene rings is 1. The lowest BCUT2D eigenvalue weighted by Gasteiger charge is -2.12. The number of halogens is 1. The minimum Gasteiger partial charge on any atom is -0.464 e. The highest BCUT2D eigenvalue weighted by Crippen LogP contribution is 2.39. The quantitative estimate of drug-likeness (QED) is 0.862. The minimum absolute atomic E-state index is 0.140. The molecule has 1 aliphatic heterocycles. The molecule has 1 aromatic carbocycles. The monoisotopic (exact) mass is 302 g/mol. The molecule has 0 amide bonds. The maximum atomic E-state index is 11.4. The molecule has 6 heteroatoms. The number of carbonyl (C=O) groups excluding carboxylic acids is 1. The maximum absolute atomic E-state index is 11.4. The highest BCUT2D eigenvalue weighted by atomic mass is 79.9.